The fourth-order valence-electron chi connectivity index (χ4n) is 2.14. The second-order valence-corrected chi connectivity index (χ2v) is 5.00. The zero-order chi connectivity index (χ0) is 13.9. The van der Waals surface area contributed by atoms with Crippen molar-refractivity contribution in [2.45, 2.75) is 38.8 Å². The highest BCUT2D eigenvalue weighted by Crippen LogP contribution is 2.35. The Morgan fingerprint density at radius 2 is 2.26 bits per heavy atom. The summed E-state index contributed by atoms with van der Waals surface area (Å²) in [7, 11) is 0. The number of rotatable bonds is 5. The average molecular weight is 264 g/mol. The number of carbonyl (C=O) groups excluding carboxylic acids is 1. The molecule has 3 N–H and O–H groups in total. The van der Waals surface area contributed by atoms with E-state index in [1.54, 1.807) is 6.92 Å². The van der Waals surface area contributed by atoms with Crippen LogP contribution in [0.2, 0.25) is 0 Å². The molecule has 19 heavy (non-hydrogen) atoms. The van der Waals surface area contributed by atoms with E-state index >= 15 is 0 Å². The van der Waals surface area contributed by atoms with Gasteiger partial charge in [-0.3, -0.25) is 4.79 Å². The molecule has 5 heteroatoms. The molecule has 1 aromatic rings. The first-order chi connectivity index (χ1) is 9.04. The van der Waals surface area contributed by atoms with Gasteiger partial charge in [0.25, 0.3) is 0 Å². The number of para-hydroxylation sites is 1. The van der Waals surface area contributed by atoms with Gasteiger partial charge in [0.2, 0.25) is 12.7 Å². The van der Waals surface area contributed by atoms with Gasteiger partial charge < -0.3 is 20.5 Å². The first kappa shape index (κ1) is 13.7. The monoisotopic (exact) mass is 264 g/mol. The minimum atomic E-state index is -0.829. The summed E-state index contributed by atoms with van der Waals surface area (Å²) in [6.07, 6.45) is 1.53. The Hall–Kier alpha value is -1.75. The second-order valence-electron chi connectivity index (χ2n) is 5.00. The van der Waals surface area contributed by atoms with Crippen LogP contribution >= 0.6 is 0 Å². The van der Waals surface area contributed by atoms with Crippen LogP contribution in [0.5, 0.6) is 11.5 Å². The number of nitrogens with one attached hydrogen (secondary N) is 1. The Morgan fingerprint density at radius 3 is 3.00 bits per heavy atom. The normalized spacial score (nSPS) is 15.9. The molecule has 1 aromatic carbocycles. The van der Waals surface area contributed by atoms with Crippen LogP contribution in [0.15, 0.2) is 18.2 Å². The topological polar surface area (TPSA) is 73.6 Å². The highest BCUT2D eigenvalue weighted by atomic mass is 16.7. The van der Waals surface area contributed by atoms with Crippen LogP contribution in [-0.2, 0) is 11.3 Å². The molecule has 1 heterocycles. The van der Waals surface area contributed by atoms with Crippen molar-refractivity contribution >= 4 is 5.91 Å². The first-order valence-corrected chi connectivity index (χ1v) is 6.49. The third kappa shape index (κ3) is 2.98. The lowest BCUT2D eigenvalue weighted by Crippen LogP contribution is -2.51. The fourth-order valence-corrected chi connectivity index (χ4v) is 2.14. The predicted molar refractivity (Wildman–Crippen MR) is 71.9 cm³/mol. The van der Waals surface area contributed by atoms with Gasteiger partial charge in [-0.15, -0.1) is 0 Å². The molecule has 2 rings (SSSR count). The summed E-state index contributed by atoms with van der Waals surface area (Å²) in [6, 6.07) is 5.63. The number of hydrogen-bond donors (Lipinski definition) is 2. The molecule has 1 amide bonds. The SMILES string of the molecule is CCCC(C)(N)C(=O)NCc1cccc2c1OCO2. The van der Waals surface area contributed by atoms with E-state index in [4.69, 9.17) is 15.2 Å². The van der Waals surface area contributed by atoms with Crippen molar-refractivity contribution < 1.29 is 14.3 Å². The van der Waals surface area contributed by atoms with Gasteiger partial charge in [0.1, 0.15) is 0 Å². The summed E-state index contributed by atoms with van der Waals surface area (Å²) in [5, 5.41) is 2.85. The molecular formula is C14H20N2O3. The van der Waals surface area contributed by atoms with Crippen molar-refractivity contribution in [2.75, 3.05) is 6.79 Å². The minimum absolute atomic E-state index is 0.147. The maximum Gasteiger partial charge on any atom is 0.240 e. The van der Waals surface area contributed by atoms with E-state index in [0.29, 0.717) is 18.7 Å². The highest BCUT2D eigenvalue weighted by Gasteiger charge is 2.27. The van der Waals surface area contributed by atoms with Crippen molar-refractivity contribution in [2.24, 2.45) is 5.73 Å². The van der Waals surface area contributed by atoms with Gasteiger partial charge in [0.05, 0.1) is 5.54 Å². The van der Waals surface area contributed by atoms with Gasteiger partial charge in [-0.2, -0.15) is 0 Å². The maximum absolute atomic E-state index is 12.0. The lowest BCUT2D eigenvalue weighted by atomic mass is 9.96. The highest BCUT2D eigenvalue weighted by molar-refractivity contribution is 5.85. The second kappa shape index (κ2) is 5.48. The van der Waals surface area contributed by atoms with Crippen LogP contribution < -0.4 is 20.5 Å². The number of ether oxygens (including phenoxy) is 2. The van der Waals surface area contributed by atoms with Crippen LogP contribution in [0.4, 0.5) is 0 Å². The number of benzene rings is 1. The average Bonchev–Trinajstić information content (AvgIpc) is 2.84. The smallest absolute Gasteiger partial charge is 0.240 e. The van der Waals surface area contributed by atoms with E-state index in [2.05, 4.69) is 5.32 Å². The quantitative estimate of drug-likeness (QED) is 0.846. The predicted octanol–water partition coefficient (Wildman–Crippen LogP) is 1.55. The molecule has 1 unspecified atom stereocenters. The molecule has 0 bridgehead atoms. The van der Waals surface area contributed by atoms with E-state index < -0.39 is 5.54 Å². The molecule has 1 aliphatic heterocycles. The third-order valence-electron chi connectivity index (χ3n) is 3.21. The van der Waals surface area contributed by atoms with Crippen molar-refractivity contribution in [3.8, 4) is 11.5 Å². The van der Waals surface area contributed by atoms with Crippen molar-refractivity contribution in [3.63, 3.8) is 0 Å². The van der Waals surface area contributed by atoms with E-state index in [-0.39, 0.29) is 12.7 Å². The van der Waals surface area contributed by atoms with Crippen molar-refractivity contribution in [1.82, 2.24) is 5.32 Å². The molecule has 0 aliphatic carbocycles. The molecule has 1 atom stereocenters. The van der Waals surface area contributed by atoms with Gasteiger partial charge in [0.15, 0.2) is 11.5 Å². The minimum Gasteiger partial charge on any atom is -0.454 e. The molecule has 0 radical (unpaired) electrons. The summed E-state index contributed by atoms with van der Waals surface area (Å²) < 4.78 is 10.7. The summed E-state index contributed by atoms with van der Waals surface area (Å²) in [6.45, 7) is 4.38. The summed E-state index contributed by atoms with van der Waals surface area (Å²) in [4.78, 5) is 12.0. The van der Waals surface area contributed by atoms with Gasteiger partial charge >= 0.3 is 0 Å². The molecule has 0 saturated carbocycles. The van der Waals surface area contributed by atoms with Crippen molar-refractivity contribution in [1.29, 1.82) is 0 Å². The van der Waals surface area contributed by atoms with Gasteiger partial charge in [-0.1, -0.05) is 25.5 Å². The zero-order valence-corrected chi connectivity index (χ0v) is 11.4. The van der Waals surface area contributed by atoms with Crippen LogP contribution in [0, 0.1) is 0 Å². The molecule has 104 valence electrons. The molecule has 5 nitrogen and oxygen atoms in total. The van der Waals surface area contributed by atoms with E-state index in [1.165, 1.54) is 0 Å². The molecule has 0 aromatic heterocycles. The standard InChI is InChI=1S/C14H20N2O3/c1-3-7-14(2,15)13(17)16-8-10-5-4-6-11-12(10)19-9-18-11/h4-6H,3,7-9,15H2,1-2H3,(H,16,17). The van der Waals surface area contributed by atoms with Crippen LogP contribution in [0.1, 0.15) is 32.3 Å². The van der Waals surface area contributed by atoms with Gasteiger partial charge in [0, 0.05) is 12.1 Å². The molecule has 0 spiro atoms. The summed E-state index contributed by atoms with van der Waals surface area (Å²) in [5.41, 5.74) is 6.05. The Kier molecular flexibility index (Phi) is 3.95. The molecule has 1 aliphatic rings. The van der Waals surface area contributed by atoms with Gasteiger partial charge in [-0.25, -0.2) is 0 Å². The van der Waals surface area contributed by atoms with E-state index in [0.717, 1.165) is 17.7 Å². The van der Waals surface area contributed by atoms with Crippen molar-refractivity contribution in [3.05, 3.63) is 23.8 Å². The summed E-state index contributed by atoms with van der Waals surface area (Å²) in [5.74, 6) is 1.28. The molecule has 0 saturated heterocycles. The first-order valence-electron chi connectivity index (χ1n) is 6.49. The number of amides is 1. The lowest BCUT2D eigenvalue weighted by molar-refractivity contribution is -0.126. The Morgan fingerprint density at radius 1 is 1.47 bits per heavy atom. The number of nitrogens with two attached hydrogens (primary N) is 1. The molecular weight excluding hydrogens is 244 g/mol. The van der Waals surface area contributed by atoms with Gasteiger partial charge in [-0.05, 0) is 19.4 Å². The van der Waals surface area contributed by atoms with E-state index in [9.17, 15) is 4.79 Å². The maximum atomic E-state index is 12.0. The third-order valence-corrected chi connectivity index (χ3v) is 3.21. The molecule has 0 fully saturated rings. The van der Waals surface area contributed by atoms with E-state index in [1.807, 2.05) is 25.1 Å². The Balaban J connectivity index is 2.00. The number of hydrogen-bond acceptors (Lipinski definition) is 4. The fraction of sp³-hybridized carbons (Fsp3) is 0.500. The lowest BCUT2D eigenvalue weighted by Gasteiger charge is -2.23. The largest absolute Gasteiger partial charge is 0.454 e. The number of fused-ring (bicyclic) bond motifs is 1. The number of carbonyl (C=O) groups is 1. The Bertz CT molecular complexity index is 472. The summed E-state index contributed by atoms with van der Waals surface area (Å²) >= 11 is 0. The van der Waals surface area contributed by atoms with Crippen LogP contribution in [-0.4, -0.2) is 18.2 Å². The van der Waals surface area contributed by atoms with Crippen LogP contribution in [0.25, 0.3) is 0 Å². The zero-order valence-electron chi connectivity index (χ0n) is 11.4. The van der Waals surface area contributed by atoms with Crippen LogP contribution in [0.3, 0.4) is 0 Å². The Labute approximate surface area is 113 Å².